The second-order valence-electron chi connectivity index (χ2n) is 9.53. The maximum atomic E-state index is 13.3. The molecule has 208 valence electrons. The molecule has 13 heteroatoms. The van der Waals surface area contributed by atoms with Crippen molar-refractivity contribution >= 4 is 40.5 Å². The van der Waals surface area contributed by atoms with E-state index in [1.807, 2.05) is 18.2 Å². The van der Waals surface area contributed by atoms with Crippen LogP contribution in [-0.4, -0.2) is 75.1 Å². The van der Waals surface area contributed by atoms with E-state index in [1.54, 1.807) is 26.1 Å². The van der Waals surface area contributed by atoms with Gasteiger partial charge >= 0.3 is 5.97 Å². The van der Waals surface area contributed by atoms with Crippen molar-refractivity contribution in [3.05, 3.63) is 36.0 Å². The highest BCUT2D eigenvalue weighted by Gasteiger charge is 2.32. The number of carbonyl (C=O) groups excluding carboxylic acids is 4. The number of aliphatic hydroxyl groups excluding tert-OH is 1. The van der Waals surface area contributed by atoms with Crippen LogP contribution < -0.4 is 27.4 Å². The summed E-state index contributed by atoms with van der Waals surface area (Å²) in [7, 11) is 0. The van der Waals surface area contributed by atoms with Crippen molar-refractivity contribution in [2.45, 2.75) is 70.3 Å². The molecule has 10 N–H and O–H groups in total. The zero-order valence-electron chi connectivity index (χ0n) is 21.6. The van der Waals surface area contributed by atoms with Crippen LogP contribution in [0.5, 0.6) is 0 Å². The number of aromatic amines is 1. The third kappa shape index (κ3) is 8.28. The molecule has 0 aliphatic heterocycles. The number of fused-ring (bicyclic) bond motifs is 1. The van der Waals surface area contributed by atoms with E-state index in [0.29, 0.717) is 5.56 Å². The molecule has 0 fully saturated rings. The summed E-state index contributed by atoms with van der Waals surface area (Å²) < 4.78 is 0. The minimum Gasteiger partial charge on any atom is -0.480 e. The van der Waals surface area contributed by atoms with Gasteiger partial charge < -0.3 is 42.6 Å². The third-order valence-electron chi connectivity index (χ3n) is 6.11. The first-order valence-electron chi connectivity index (χ1n) is 12.2. The molecule has 1 aromatic heterocycles. The number of amides is 4. The molecular formula is C25H36N6O7. The number of nitrogens with one attached hydrogen (secondary N) is 4. The smallest absolute Gasteiger partial charge is 0.328 e. The molecule has 0 saturated heterocycles. The number of para-hydroxylation sites is 1. The predicted octanol–water partition coefficient (Wildman–Crippen LogP) is -1.12. The highest BCUT2D eigenvalue weighted by Crippen LogP contribution is 2.19. The molecule has 5 atom stereocenters. The maximum Gasteiger partial charge on any atom is 0.328 e. The Hall–Kier alpha value is -3.97. The fourth-order valence-electron chi connectivity index (χ4n) is 3.77. The van der Waals surface area contributed by atoms with Gasteiger partial charge in [0.25, 0.3) is 0 Å². The molecular weight excluding hydrogens is 496 g/mol. The summed E-state index contributed by atoms with van der Waals surface area (Å²) in [5.41, 5.74) is 12.6. The Kier molecular flexibility index (Phi) is 10.8. The molecule has 2 aromatic rings. The van der Waals surface area contributed by atoms with Gasteiger partial charge in [-0.3, -0.25) is 19.2 Å². The summed E-state index contributed by atoms with van der Waals surface area (Å²) in [6, 6.07) is 2.17. The molecule has 0 spiro atoms. The van der Waals surface area contributed by atoms with E-state index in [0.717, 1.165) is 10.9 Å². The molecule has 1 heterocycles. The molecule has 4 amide bonds. The number of aliphatic carboxylic acids is 1. The molecule has 0 bridgehead atoms. The predicted molar refractivity (Wildman–Crippen MR) is 138 cm³/mol. The quantitative estimate of drug-likeness (QED) is 0.148. The number of carboxylic acid groups (broad SMARTS) is 1. The van der Waals surface area contributed by atoms with Crippen molar-refractivity contribution in [2.75, 3.05) is 0 Å². The number of aliphatic hydroxyl groups is 1. The van der Waals surface area contributed by atoms with Crippen LogP contribution in [0.1, 0.15) is 39.2 Å². The second-order valence-corrected chi connectivity index (χ2v) is 9.53. The lowest BCUT2D eigenvalue weighted by Crippen LogP contribution is -2.59. The number of H-pyrrole nitrogens is 1. The summed E-state index contributed by atoms with van der Waals surface area (Å²) in [6.07, 6.45) is -0.173. The Labute approximate surface area is 219 Å². The lowest BCUT2D eigenvalue weighted by atomic mass is 10.0. The number of nitrogens with two attached hydrogens (primary N) is 2. The van der Waals surface area contributed by atoms with Crippen LogP contribution in [0.3, 0.4) is 0 Å². The number of hydrogen-bond acceptors (Lipinski definition) is 7. The third-order valence-corrected chi connectivity index (χ3v) is 6.11. The fourth-order valence-corrected chi connectivity index (χ4v) is 3.77. The van der Waals surface area contributed by atoms with Crippen LogP contribution in [0.4, 0.5) is 0 Å². The standard InChI is InChI=1S/C25H36N6O7/c1-12(2)20(27)24(36)29-17(8-9-19(26)33)22(34)30-18(23(35)31-21(13(3)32)25(37)38)10-14-11-28-16-7-5-4-6-15(14)16/h4-7,11-13,17-18,20-21,28,32H,8-10,27H2,1-3H3,(H2,26,33)(H,29,36)(H,30,34)(H,31,35)(H,37,38). The molecule has 1 aromatic carbocycles. The lowest BCUT2D eigenvalue weighted by Gasteiger charge is -2.26. The molecule has 0 radical (unpaired) electrons. The number of aromatic nitrogens is 1. The summed E-state index contributed by atoms with van der Waals surface area (Å²) in [5, 5.41) is 27.3. The van der Waals surface area contributed by atoms with Gasteiger partial charge in [-0.25, -0.2) is 4.79 Å². The first-order chi connectivity index (χ1) is 17.8. The minimum absolute atomic E-state index is 0.0459. The molecule has 0 saturated carbocycles. The van der Waals surface area contributed by atoms with Crippen LogP contribution in [0, 0.1) is 5.92 Å². The van der Waals surface area contributed by atoms with Crippen molar-refractivity contribution < 1.29 is 34.2 Å². The Morgan fingerprint density at radius 2 is 1.55 bits per heavy atom. The zero-order valence-corrected chi connectivity index (χ0v) is 21.6. The van der Waals surface area contributed by atoms with Crippen molar-refractivity contribution in [3.63, 3.8) is 0 Å². The molecule has 0 aliphatic carbocycles. The first kappa shape index (κ1) is 30.3. The largest absolute Gasteiger partial charge is 0.480 e. The summed E-state index contributed by atoms with van der Waals surface area (Å²) in [4.78, 5) is 65.0. The molecule has 13 nitrogen and oxygen atoms in total. The lowest BCUT2D eigenvalue weighted by molar-refractivity contribution is -0.145. The van der Waals surface area contributed by atoms with Gasteiger partial charge in [0.2, 0.25) is 23.6 Å². The van der Waals surface area contributed by atoms with Gasteiger partial charge in [0, 0.05) is 29.9 Å². The Morgan fingerprint density at radius 1 is 0.947 bits per heavy atom. The number of benzene rings is 1. The van der Waals surface area contributed by atoms with E-state index in [9.17, 15) is 34.2 Å². The van der Waals surface area contributed by atoms with Crippen LogP contribution in [0.25, 0.3) is 10.9 Å². The van der Waals surface area contributed by atoms with Crippen molar-refractivity contribution in [2.24, 2.45) is 17.4 Å². The summed E-state index contributed by atoms with van der Waals surface area (Å²) >= 11 is 0. The van der Waals surface area contributed by atoms with E-state index in [-0.39, 0.29) is 25.2 Å². The highest BCUT2D eigenvalue weighted by molar-refractivity contribution is 5.95. The number of primary amides is 1. The van der Waals surface area contributed by atoms with Crippen LogP contribution in [0.15, 0.2) is 30.5 Å². The summed E-state index contributed by atoms with van der Waals surface area (Å²) in [6.45, 7) is 4.66. The summed E-state index contributed by atoms with van der Waals surface area (Å²) in [5.74, 6) is -4.67. The first-order valence-corrected chi connectivity index (χ1v) is 12.2. The van der Waals surface area contributed by atoms with Gasteiger partial charge in [0.15, 0.2) is 6.04 Å². The molecule has 0 aliphatic rings. The van der Waals surface area contributed by atoms with E-state index in [1.165, 1.54) is 6.92 Å². The van der Waals surface area contributed by atoms with E-state index < -0.39 is 59.9 Å². The SMILES string of the molecule is CC(C)C(N)C(=O)NC(CCC(N)=O)C(=O)NC(Cc1c[nH]c2ccccc12)C(=O)NC(C(=O)O)C(C)O. The zero-order chi connectivity index (χ0) is 28.6. The van der Waals surface area contributed by atoms with Gasteiger partial charge in [-0.1, -0.05) is 32.0 Å². The van der Waals surface area contributed by atoms with Gasteiger partial charge in [0.05, 0.1) is 12.1 Å². The van der Waals surface area contributed by atoms with Crippen molar-refractivity contribution in [3.8, 4) is 0 Å². The topological polar surface area (TPSA) is 230 Å². The minimum atomic E-state index is -1.63. The van der Waals surface area contributed by atoms with Crippen molar-refractivity contribution in [1.82, 2.24) is 20.9 Å². The van der Waals surface area contributed by atoms with Crippen LogP contribution in [-0.2, 0) is 30.4 Å². The average molecular weight is 533 g/mol. The number of carbonyl (C=O) groups is 5. The van der Waals surface area contributed by atoms with E-state index >= 15 is 0 Å². The van der Waals surface area contributed by atoms with Crippen LogP contribution in [0.2, 0.25) is 0 Å². The molecule has 5 unspecified atom stereocenters. The molecule has 2 rings (SSSR count). The Bertz CT molecular complexity index is 1160. The Morgan fingerprint density at radius 3 is 2.13 bits per heavy atom. The Balaban J connectivity index is 2.35. The number of carboxylic acids is 1. The number of rotatable bonds is 14. The van der Waals surface area contributed by atoms with E-state index in [4.69, 9.17) is 11.5 Å². The number of hydrogen-bond donors (Lipinski definition) is 8. The highest BCUT2D eigenvalue weighted by atomic mass is 16.4. The maximum absolute atomic E-state index is 13.3. The van der Waals surface area contributed by atoms with Crippen LogP contribution >= 0.6 is 0 Å². The van der Waals surface area contributed by atoms with Gasteiger partial charge in [-0.2, -0.15) is 0 Å². The van der Waals surface area contributed by atoms with Gasteiger partial charge in [-0.15, -0.1) is 0 Å². The molecule has 38 heavy (non-hydrogen) atoms. The average Bonchev–Trinajstić information content (AvgIpc) is 3.25. The second kappa shape index (κ2) is 13.5. The van der Waals surface area contributed by atoms with Gasteiger partial charge in [-0.05, 0) is 30.9 Å². The van der Waals surface area contributed by atoms with E-state index in [2.05, 4.69) is 20.9 Å². The normalized spacial score (nSPS) is 15.2. The van der Waals surface area contributed by atoms with Gasteiger partial charge in [0.1, 0.15) is 12.1 Å². The fraction of sp³-hybridized carbons (Fsp3) is 0.480. The van der Waals surface area contributed by atoms with Crippen molar-refractivity contribution in [1.29, 1.82) is 0 Å². The monoisotopic (exact) mass is 532 g/mol.